The summed E-state index contributed by atoms with van der Waals surface area (Å²) in [6.07, 6.45) is 0.571. The van der Waals surface area contributed by atoms with Crippen LogP contribution in [0.2, 0.25) is 0 Å². The number of ether oxygens (including phenoxy) is 1. The molecule has 0 spiro atoms. The molecule has 0 unspecified atom stereocenters. The van der Waals surface area contributed by atoms with Crippen molar-refractivity contribution in [3.05, 3.63) is 44.6 Å². The lowest BCUT2D eigenvalue weighted by Crippen LogP contribution is -2.60. The van der Waals surface area contributed by atoms with Crippen molar-refractivity contribution in [3.63, 3.8) is 0 Å². The Kier molecular flexibility index (Phi) is 6.43. The number of aryl methyl sites for hydroxylation is 4. The van der Waals surface area contributed by atoms with Gasteiger partial charge in [0.1, 0.15) is 24.0 Å². The number of carbonyl (C=O) groups is 1. The molecule has 0 bridgehead atoms. The zero-order valence-corrected chi connectivity index (χ0v) is 19.5. The standard InChI is InChI=1S/C21H29N7O6/c1-11-12(7-25(2)24-11)5-6-15(29)23-13-9-34-14(18(31)17(13)30)8-28-10-22-16-19(28)26(3)21(33)27(4)20(16)32/h7,10,13-14,17-18,30-31H,5-6,8-9H2,1-4H3,(H,23,29)/t13-,14-,17+,18-/m1/s1. The van der Waals surface area contributed by atoms with Crippen LogP contribution in [0.5, 0.6) is 0 Å². The van der Waals surface area contributed by atoms with E-state index in [1.165, 1.54) is 29.6 Å². The van der Waals surface area contributed by atoms with Gasteiger partial charge in [-0.1, -0.05) is 0 Å². The Labute approximate surface area is 194 Å². The molecule has 3 N–H and O–H groups in total. The monoisotopic (exact) mass is 475 g/mol. The predicted octanol–water partition coefficient (Wildman–Crippen LogP) is -2.29. The SMILES string of the molecule is Cc1nn(C)cc1CCC(=O)N[C@@H]1CO[C@H](Cn2cnc3c(=O)n(C)c(=O)n(C)c32)[C@@H](O)[C@H]1O. The van der Waals surface area contributed by atoms with Crippen molar-refractivity contribution in [2.45, 2.75) is 50.7 Å². The first-order chi connectivity index (χ1) is 16.1. The van der Waals surface area contributed by atoms with Crippen LogP contribution >= 0.6 is 0 Å². The molecular formula is C21H29N7O6. The smallest absolute Gasteiger partial charge is 0.332 e. The van der Waals surface area contributed by atoms with Gasteiger partial charge in [-0.2, -0.15) is 5.10 Å². The number of carbonyl (C=O) groups excluding carboxylic acids is 1. The van der Waals surface area contributed by atoms with Crippen LogP contribution in [0.15, 0.2) is 22.1 Å². The van der Waals surface area contributed by atoms with E-state index in [0.29, 0.717) is 12.1 Å². The van der Waals surface area contributed by atoms with Gasteiger partial charge in [-0.05, 0) is 18.9 Å². The molecule has 4 rings (SSSR count). The molecule has 13 nitrogen and oxygen atoms in total. The summed E-state index contributed by atoms with van der Waals surface area (Å²) in [6.45, 7) is 1.92. The van der Waals surface area contributed by atoms with E-state index in [2.05, 4.69) is 15.4 Å². The third kappa shape index (κ3) is 4.29. The Morgan fingerprint density at radius 3 is 2.62 bits per heavy atom. The average molecular weight is 476 g/mol. The van der Waals surface area contributed by atoms with Crippen molar-refractivity contribution in [2.75, 3.05) is 6.61 Å². The van der Waals surface area contributed by atoms with E-state index in [1.54, 1.807) is 4.68 Å². The van der Waals surface area contributed by atoms with Crippen LogP contribution in [0.1, 0.15) is 17.7 Å². The highest BCUT2D eigenvalue weighted by Gasteiger charge is 2.39. The van der Waals surface area contributed by atoms with E-state index in [-0.39, 0.29) is 31.0 Å². The van der Waals surface area contributed by atoms with Gasteiger partial charge >= 0.3 is 5.69 Å². The summed E-state index contributed by atoms with van der Waals surface area (Å²) in [4.78, 5) is 41.1. The number of nitrogens with one attached hydrogen (secondary N) is 1. The Bertz CT molecular complexity index is 1340. The third-order valence-corrected chi connectivity index (χ3v) is 6.30. The maximum atomic E-state index is 12.4. The minimum atomic E-state index is -1.30. The number of aromatic nitrogens is 6. The number of amides is 1. The summed E-state index contributed by atoms with van der Waals surface area (Å²) < 4.78 is 11.2. The zero-order valence-electron chi connectivity index (χ0n) is 19.5. The minimum Gasteiger partial charge on any atom is -0.388 e. The molecule has 4 atom stereocenters. The van der Waals surface area contributed by atoms with Crippen molar-refractivity contribution in [2.24, 2.45) is 21.1 Å². The first-order valence-electron chi connectivity index (χ1n) is 11.0. The molecule has 34 heavy (non-hydrogen) atoms. The highest BCUT2D eigenvalue weighted by Crippen LogP contribution is 2.19. The molecule has 3 aromatic heterocycles. The quantitative estimate of drug-likeness (QED) is 0.360. The molecule has 13 heteroatoms. The minimum absolute atomic E-state index is 0.00607. The first kappa shape index (κ1) is 23.9. The molecule has 0 aliphatic carbocycles. The van der Waals surface area contributed by atoms with Gasteiger partial charge in [0.05, 0.1) is 31.2 Å². The number of nitrogens with zero attached hydrogens (tertiary/aromatic N) is 6. The van der Waals surface area contributed by atoms with E-state index in [1.807, 2.05) is 20.2 Å². The van der Waals surface area contributed by atoms with Crippen LogP contribution in [0.3, 0.4) is 0 Å². The summed E-state index contributed by atoms with van der Waals surface area (Å²) in [5.41, 5.74) is 1.20. The second-order valence-corrected chi connectivity index (χ2v) is 8.72. The van der Waals surface area contributed by atoms with Gasteiger partial charge in [-0.25, -0.2) is 9.78 Å². The highest BCUT2D eigenvalue weighted by molar-refractivity contribution is 5.76. The number of aliphatic hydroxyl groups excluding tert-OH is 2. The molecule has 0 aromatic carbocycles. The normalized spacial score (nSPS) is 22.9. The van der Waals surface area contributed by atoms with Crippen LogP contribution in [-0.2, 0) is 43.6 Å². The fraction of sp³-hybridized carbons (Fsp3) is 0.571. The van der Waals surface area contributed by atoms with Crippen molar-refractivity contribution >= 4 is 17.1 Å². The van der Waals surface area contributed by atoms with E-state index >= 15 is 0 Å². The lowest BCUT2D eigenvalue weighted by atomic mass is 9.97. The molecule has 1 fully saturated rings. The highest BCUT2D eigenvalue weighted by atomic mass is 16.5. The summed E-state index contributed by atoms with van der Waals surface area (Å²) in [6, 6.07) is -0.773. The molecule has 3 aromatic rings. The summed E-state index contributed by atoms with van der Waals surface area (Å²) >= 11 is 0. The second-order valence-electron chi connectivity index (χ2n) is 8.72. The van der Waals surface area contributed by atoms with E-state index in [4.69, 9.17) is 4.74 Å². The van der Waals surface area contributed by atoms with Gasteiger partial charge in [0, 0.05) is 33.8 Å². The number of rotatable bonds is 6. The Balaban J connectivity index is 1.41. The van der Waals surface area contributed by atoms with Crippen molar-refractivity contribution in [3.8, 4) is 0 Å². The molecule has 0 saturated carbocycles. The fourth-order valence-corrected chi connectivity index (χ4v) is 4.36. The molecule has 1 saturated heterocycles. The van der Waals surface area contributed by atoms with Crippen LogP contribution in [-0.4, -0.2) is 75.5 Å². The molecular weight excluding hydrogens is 446 g/mol. The fourth-order valence-electron chi connectivity index (χ4n) is 4.36. The maximum Gasteiger partial charge on any atom is 0.332 e. The van der Waals surface area contributed by atoms with E-state index in [9.17, 15) is 24.6 Å². The molecule has 0 radical (unpaired) electrons. The van der Waals surface area contributed by atoms with Gasteiger partial charge in [-0.15, -0.1) is 0 Å². The van der Waals surface area contributed by atoms with Gasteiger partial charge in [0.15, 0.2) is 5.52 Å². The Hall–Kier alpha value is -3.29. The maximum absolute atomic E-state index is 12.4. The van der Waals surface area contributed by atoms with Crippen LogP contribution in [0, 0.1) is 6.92 Å². The Morgan fingerprint density at radius 1 is 1.21 bits per heavy atom. The van der Waals surface area contributed by atoms with Crippen molar-refractivity contribution < 1.29 is 19.7 Å². The number of aliphatic hydroxyl groups is 2. The van der Waals surface area contributed by atoms with Gasteiger partial charge in [0.25, 0.3) is 5.56 Å². The second kappa shape index (κ2) is 9.16. The number of hydrogen-bond donors (Lipinski definition) is 3. The Morgan fingerprint density at radius 2 is 1.94 bits per heavy atom. The molecule has 4 heterocycles. The average Bonchev–Trinajstić information content (AvgIpc) is 3.36. The molecule has 1 amide bonds. The molecule has 184 valence electrons. The lowest BCUT2D eigenvalue weighted by Gasteiger charge is -2.38. The van der Waals surface area contributed by atoms with Gasteiger partial charge < -0.3 is 24.8 Å². The largest absolute Gasteiger partial charge is 0.388 e. The number of imidazole rings is 1. The topological polar surface area (TPSA) is 158 Å². The predicted molar refractivity (Wildman–Crippen MR) is 120 cm³/mol. The number of fused-ring (bicyclic) bond motifs is 1. The summed E-state index contributed by atoms with van der Waals surface area (Å²) in [5, 5.41) is 28.3. The van der Waals surface area contributed by atoms with Crippen molar-refractivity contribution in [1.82, 2.24) is 33.8 Å². The summed E-state index contributed by atoms with van der Waals surface area (Å²) in [5.74, 6) is -0.270. The summed E-state index contributed by atoms with van der Waals surface area (Å²) in [7, 11) is 4.71. The van der Waals surface area contributed by atoms with Crippen LogP contribution in [0.4, 0.5) is 0 Å². The van der Waals surface area contributed by atoms with Crippen LogP contribution < -0.4 is 16.6 Å². The first-order valence-corrected chi connectivity index (χ1v) is 11.0. The van der Waals surface area contributed by atoms with Gasteiger partial charge in [0.2, 0.25) is 5.91 Å². The van der Waals surface area contributed by atoms with E-state index < -0.39 is 35.6 Å². The zero-order chi connectivity index (χ0) is 24.7. The lowest BCUT2D eigenvalue weighted by molar-refractivity contribution is -0.158. The third-order valence-electron chi connectivity index (χ3n) is 6.30. The molecule has 1 aliphatic heterocycles. The molecule has 1 aliphatic rings. The van der Waals surface area contributed by atoms with E-state index in [0.717, 1.165) is 15.8 Å². The van der Waals surface area contributed by atoms with Crippen molar-refractivity contribution in [1.29, 1.82) is 0 Å². The van der Waals surface area contributed by atoms with Crippen LogP contribution in [0.25, 0.3) is 11.2 Å². The number of hydrogen-bond acceptors (Lipinski definition) is 8. The van der Waals surface area contributed by atoms with Gasteiger partial charge in [-0.3, -0.25) is 23.4 Å².